The van der Waals surface area contributed by atoms with Gasteiger partial charge in [-0.3, -0.25) is 0 Å². The molecule has 0 spiro atoms. The van der Waals surface area contributed by atoms with Gasteiger partial charge in [0.05, 0.1) is 0 Å². The van der Waals surface area contributed by atoms with Gasteiger partial charge in [-0.25, -0.2) is 9.97 Å². The van der Waals surface area contributed by atoms with Crippen LogP contribution in [0, 0.1) is 0 Å². The largest absolute Gasteiger partial charge is 0.310 e. The molecule has 1 heterocycles. The van der Waals surface area contributed by atoms with Crippen molar-refractivity contribution in [3.8, 4) is 0 Å². The number of nitrogens with zero attached hydrogens (tertiary/aromatic N) is 2. The monoisotopic (exact) mass is 259 g/mol. The molecule has 0 fully saturated rings. The molecule has 0 radical (unpaired) electrons. The van der Waals surface area contributed by atoms with Crippen LogP contribution in [-0.4, -0.2) is 16.0 Å². The lowest BCUT2D eigenvalue weighted by Gasteiger charge is -2.08. The summed E-state index contributed by atoms with van der Waals surface area (Å²) in [6, 6.07) is 10.8. The van der Waals surface area contributed by atoms with Gasteiger partial charge in [0.2, 0.25) is 0 Å². The average molecular weight is 259 g/mol. The minimum atomic E-state index is 0.511. The van der Waals surface area contributed by atoms with E-state index in [4.69, 9.17) is 0 Å². The molecule has 4 heteroatoms. The number of aromatic nitrogens is 2. The minimum Gasteiger partial charge on any atom is -0.310 e. The van der Waals surface area contributed by atoms with E-state index < -0.39 is 0 Å². The number of hydrogen-bond acceptors (Lipinski definition) is 4. The third kappa shape index (κ3) is 4.13. The molecule has 0 aliphatic heterocycles. The van der Waals surface area contributed by atoms with E-state index in [9.17, 15) is 0 Å². The summed E-state index contributed by atoms with van der Waals surface area (Å²) >= 11 is 1.58. The van der Waals surface area contributed by atoms with Gasteiger partial charge in [0.25, 0.3) is 0 Å². The van der Waals surface area contributed by atoms with Gasteiger partial charge < -0.3 is 5.32 Å². The Hall–Kier alpha value is -1.39. The molecule has 3 nitrogen and oxygen atoms in total. The average Bonchev–Trinajstić information content (AvgIpc) is 2.39. The fourth-order valence-corrected chi connectivity index (χ4v) is 2.15. The zero-order chi connectivity index (χ0) is 12.8. The summed E-state index contributed by atoms with van der Waals surface area (Å²) in [5.41, 5.74) is 1.29. The highest BCUT2D eigenvalue weighted by Gasteiger charge is 2.00. The molecule has 94 valence electrons. The Morgan fingerprint density at radius 1 is 1.11 bits per heavy atom. The van der Waals surface area contributed by atoms with Crippen molar-refractivity contribution in [2.24, 2.45) is 0 Å². The third-order valence-electron chi connectivity index (χ3n) is 2.39. The molecule has 0 amide bonds. The van der Waals surface area contributed by atoms with E-state index in [1.807, 2.05) is 6.07 Å². The smallest absolute Gasteiger partial charge is 0.192 e. The van der Waals surface area contributed by atoms with Crippen LogP contribution >= 0.6 is 11.8 Å². The van der Waals surface area contributed by atoms with Crippen molar-refractivity contribution in [1.82, 2.24) is 15.3 Å². The van der Waals surface area contributed by atoms with Gasteiger partial charge >= 0.3 is 0 Å². The third-order valence-corrected chi connectivity index (χ3v) is 3.29. The molecule has 1 N–H and O–H groups in total. The minimum absolute atomic E-state index is 0.511. The predicted molar refractivity (Wildman–Crippen MR) is 74.6 cm³/mol. The summed E-state index contributed by atoms with van der Waals surface area (Å²) in [4.78, 5) is 9.55. The fourth-order valence-electron chi connectivity index (χ4n) is 1.44. The first-order valence-electron chi connectivity index (χ1n) is 6.01. The quantitative estimate of drug-likeness (QED) is 0.837. The highest BCUT2D eigenvalue weighted by Crippen LogP contribution is 2.23. The Labute approximate surface area is 112 Å². The van der Waals surface area contributed by atoms with Crippen molar-refractivity contribution in [2.45, 2.75) is 36.5 Å². The van der Waals surface area contributed by atoms with Crippen molar-refractivity contribution < 1.29 is 0 Å². The molecule has 1 aromatic carbocycles. The second-order valence-electron chi connectivity index (χ2n) is 4.31. The van der Waals surface area contributed by atoms with E-state index in [0.717, 1.165) is 16.6 Å². The topological polar surface area (TPSA) is 37.8 Å². The normalized spacial score (nSPS) is 10.8. The van der Waals surface area contributed by atoms with Crippen molar-refractivity contribution in [2.75, 3.05) is 0 Å². The number of rotatable bonds is 5. The molecule has 0 saturated heterocycles. The van der Waals surface area contributed by atoms with E-state index in [2.05, 4.69) is 53.4 Å². The molecule has 18 heavy (non-hydrogen) atoms. The van der Waals surface area contributed by atoms with Crippen LogP contribution in [0.3, 0.4) is 0 Å². The Kier molecular flexibility index (Phi) is 4.73. The number of nitrogens with one attached hydrogen (secondary N) is 1. The van der Waals surface area contributed by atoms with Crippen LogP contribution in [0.15, 0.2) is 52.8 Å². The van der Waals surface area contributed by atoms with E-state index in [-0.39, 0.29) is 0 Å². The van der Waals surface area contributed by atoms with Gasteiger partial charge in [0.15, 0.2) is 5.16 Å². The maximum absolute atomic E-state index is 4.20. The van der Waals surface area contributed by atoms with E-state index in [0.29, 0.717) is 6.04 Å². The summed E-state index contributed by atoms with van der Waals surface area (Å²) in [5, 5.41) is 4.18. The van der Waals surface area contributed by atoms with Gasteiger partial charge in [0, 0.05) is 29.9 Å². The number of benzene rings is 1. The van der Waals surface area contributed by atoms with Crippen molar-refractivity contribution in [3.05, 3.63) is 48.3 Å². The lowest BCUT2D eigenvalue weighted by Crippen LogP contribution is -2.21. The van der Waals surface area contributed by atoms with E-state index in [1.54, 1.807) is 24.2 Å². The maximum atomic E-state index is 4.20. The lowest BCUT2D eigenvalue weighted by atomic mass is 10.2. The maximum Gasteiger partial charge on any atom is 0.192 e. The summed E-state index contributed by atoms with van der Waals surface area (Å²) in [6.45, 7) is 5.21. The second kappa shape index (κ2) is 6.52. The molecule has 0 atom stereocenters. The summed E-state index contributed by atoms with van der Waals surface area (Å²) < 4.78 is 0. The SMILES string of the molecule is CC(C)NCc1ccc(Sc2ncccn2)cc1. The van der Waals surface area contributed by atoms with Crippen LogP contribution in [0.1, 0.15) is 19.4 Å². The van der Waals surface area contributed by atoms with Crippen molar-refractivity contribution in [3.63, 3.8) is 0 Å². The van der Waals surface area contributed by atoms with Crippen LogP contribution in [0.4, 0.5) is 0 Å². The molecule has 0 unspecified atom stereocenters. The van der Waals surface area contributed by atoms with E-state index in [1.165, 1.54) is 5.56 Å². The fraction of sp³-hybridized carbons (Fsp3) is 0.286. The van der Waals surface area contributed by atoms with Crippen molar-refractivity contribution in [1.29, 1.82) is 0 Å². The summed E-state index contributed by atoms with van der Waals surface area (Å²) in [7, 11) is 0. The molecule has 0 bridgehead atoms. The Morgan fingerprint density at radius 2 is 1.78 bits per heavy atom. The molecule has 1 aromatic heterocycles. The standard InChI is InChI=1S/C14H17N3S/c1-11(2)17-10-12-4-6-13(7-5-12)18-14-15-8-3-9-16-14/h3-9,11,17H,10H2,1-2H3. The molecule has 0 aliphatic rings. The Bertz CT molecular complexity index is 468. The predicted octanol–water partition coefficient (Wildman–Crippen LogP) is 3.13. The van der Waals surface area contributed by atoms with E-state index >= 15 is 0 Å². The van der Waals surface area contributed by atoms with Crippen LogP contribution in [0.2, 0.25) is 0 Å². The molecular weight excluding hydrogens is 242 g/mol. The Balaban J connectivity index is 1.95. The molecule has 0 aliphatic carbocycles. The van der Waals surface area contributed by atoms with Gasteiger partial charge in [-0.15, -0.1) is 0 Å². The van der Waals surface area contributed by atoms with Gasteiger partial charge in [-0.1, -0.05) is 26.0 Å². The zero-order valence-corrected chi connectivity index (χ0v) is 11.4. The van der Waals surface area contributed by atoms with Gasteiger partial charge in [0.1, 0.15) is 0 Å². The molecule has 2 aromatic rings. The number of hydrogen-bond donors (Lipinski definition) is 1. The first kappa shape index (κ1) is 13.1. The molecule has 2 rings (SSSR count). The zero-order valence-electron chi connectivity index (χ0n) is 10.6. The van der Waals surface area contributed by atoms with Crippen LogP contribution in [-0.2, 0) is 6.54 Å². The second-order valence-corrected chi connectivity index (χ2v) is 5.35. The van der Waals surface area contributed by atoms with Gasteiger partial charge in [-0.2, -0.15) is 0 Å². The molecule has 0 saturated carbocycles. The highest BCUT2D eigenvalue weighted by atomic mass is 32.2. The first-order valence-corrected chi connectivity index (χ1v) is 6.83. The van der Waals surface area contributed by atoms with Gasteiger partial charge in [-0.05, 0) is 35.5 Å². The Morgan fingerprint density at radius 3 is 2.39 bits per heavy atom. The van der Waals surface area contributed by atoms with Crippen LogP contribution in [0.5, 0.6) is 0 Å². The summed E-state index contributed by atoms with van der Waals surface area (Å²) in [5.74, 6) is 0. The molecular formula is C14H17N3S. The highest BCUT2D eigenvalue weighted by molar-refractivity contribution is 7.99. The van der Waals surface area contributed by atoms with Crippen LogP contribution < -0.4 is 5.32 Å². The van der Waals surface area contributed by atoms with Crippen molar-refractivity contribution >= 4 is 11.8 Å². The van der Waals surface area contributed by atoms with Crippen LogP contribution in [0.25, 0.3) is 0 Å². The summed E-state index contributed by atoms with van der Waals surface area (Å²) in [6.07, 6.45) is 3.52. The lowest BCUT2D eigenvalue weighted by molar-refractivity contribution is 0.588. The first-order chi connectivity index (χ1) is 8.74.